The van der Waals surface area contributed by atoms with Gasteiger partial charge in [-0.05, 0) is 131 Å². The molecule has 0 bridgehead atoms. The summed E-state index contributed by atoms with van der Waals surface area (Å²) in [6, 6.07) is 14.9. The van der Waals surface area contributed by atoms with E-state index in [0.717, 1.165) is 109 Å². The number of hydrogen-bond donors (Lipinski definition) is 0. The number of benzene rings is 2. The van der Waals surface area contributed by atoms with E-state index in [1.54, 1.807) is 24.3 Å². The molecule has 3 heterocycles. The van der Waals surface area contributed by atoms with Crippen molar-refractivity contribution in [2.45, 2.75) is 73.3 Å². The number of carbonyl (C=O) groups excluding carboxylic acids is 1. The normalized spacial score (nSPS) is 26.3. The molecule has 9 heteroatoms. The maximum absolute atomic E-state index is 14.9. The van der Waals surface area contributed by atoms with Crippen LogP contribution in [0.1, 0.15) is 63.4 Å². The van der Waals surface area contributed by atoms with Gasteiger partial charge in [0.05, 0.1) is 17.3 Å². The maximum Gasteiger partial charge on any atom is 0.305 e. The van der Waals surface area contributed by atoms with Crippen LogP contribution in [0.5, 0.6) is 0 Å². The molecule has 0 unspecified atom stereocenters. The smallest absolute Gasteiger partial charge is 0.305 e. The minimum absolute atomic E-state index is 0.127. The number of carbonyl (C=O) groups is 1. The molecule has 7 rings (SSSR count). The number of sulfone groups is 1. The third kappa shape index (κ3) is 6.36. The Kier molecular flexibility index (Phi) is 9.20. The molecule has 2 aromatic carbocycles. The molecule has 0 radical (unpaired) electrons. The number of methoxy groups -OCH3 is 1. The van der Waals surface area contributed by atoms with Crippen LogP contribution >= 0.6 is 0 Å². The third-order valence-corrected chi connectivity index (χ3v) is 14.3. The molecule has 250 valence electrons. The summed E-state index contributed by atoms with van der Waals surface area (Å²) in [5.74, 6) is 1.32. The standard InChI is InChI=1S/C37H50FN3O4S/c1-45-36(42)21-28-5-2-8-35(28)37(26-40-17-4-18-40,30-6-3-7-31(38)22-30)29-15-19-39(20-16-29)23-27-24-41(25-27)32-9-11-33(12-10-32)46(43,44)34-13-14-34/h3,6-7,9-12,22,27-29,34-35H,2,4-5,8,13-21,23-26H2,1H3/t28-,35+,37+/m1/s1. The van der Waals surface area contributed by atoms with Crippen molar-refractivity contribution in [2.75, 3.05) is 64.4 Å². The molecule has 0 aromatic heterocycles. The summed E-state index contributed by atoms with van der Waals surface area (Å²) in [6.07, 6.45) is 8.64. The Morgan fingerprint density at radius 2 is 1.65 bits per heavy atom. The van der Waals surface area contributed by atoms with Crippen molar-refractivity contribution in [1.29, 1.82) is 0 Å². The lowest BCUT2D eigenvalue weighted by atomic mass is 9.56. The number of nitrogens with zero attached hydrogens (tertiary/aromatic N) is 3. The largest absolute Gasteiger partial charge is 0.469 e. The molecule has 0 spiro atoms. The zero-order valence-corrected chi connectivity index (χ0v) is 28.1. The highest BCUT2D eigenvalue weighted by Gasteiger charge is 2.53. The Balaban J connectivity index is 1.03. The van der Waals surface area contributed by atoms with Crippen molar-refractivity contribution >= 4 is 21.5 Å². The first kappa shape index (κ1) is 32.1. The summed E-state index contributed by atoms with van der Waals surface area (Å²) >= 11 is 0. The van der Waals surface area contributed by atoms with Gasteiger partial charge in [0.15, 0.2) is 9.84 Å². The molecular weight excluding hydrogens is 601 g/mol. The van der Waals surface area contributed by atoms with Crippen LogP contribution < -0.4 is 4.90 Å². The van der Waals surface area contributed by atoms with Crippen LogP contribution in [0.2, 0.25) is 0 Å². The van der Waals surface area contributed by atoms with E-state index in [0.29, 0.717) is 29.1 Å². The Morgan fingerprint density at radius 3 is 2.28 bits per heavy atom. The van der Waals surface area contributed by atoms with Gasteiger partial charge in [0.25, 0.3) is 0 Å². The number of hydrogen-bond acceptors (Lipinski definition) is 7. The van der Waals surface area contributed by atoms with E-state index in [1.807, 2.05) is 18.2 Å². The monoisotopic (exact) mass is 651 g/mol. The highest BCUT2D eigenvalue weighted by molar-refractivity contribution is 7.92. The molecule has 5 aliphatic rings. The summed E-state index contributed by atoms with van der Waals surface area (Å²) in [4.78, 5) is 20.6. The Morgan fingerprint density at radius 1 is 0.913 bits per heavy atom. The van der Waals surface area contributed by atoms with Gasteiger partial charge in [0.1, 0.15) is 5.82 Å². The van der Waals surface area contributed by atoms with Gasteiger partial charge >= 0.3 is 5.97 Å². The van der Waals surface area contributed by atoms with Crippen LogP contribution in [0.15, 0.2) is 53.4 Å². The molecular formula is C37H50FN3O4S. The topological polar surface area (TPSA) is 70.2 Å². The van der Waals surface area contributed by atoms with E-state index in [1.165, 1.54) is 13.5 Å². The predicted octanol–water partition coefficient (Wildman–Crippen LogP) is 5.53. The molecule has 5 fully saturated rings. The average Bonchev–Trinajstić information content (AvgIpc) is 3.79. The second-order valence-electron chi connectivity index (χ2n) is 14.8. The van der Waals surface area contributed by atoms with E-state index in [9.17, 15) is 17.6 Å². The van der Waals surface area contributed by atoms with Crippen molar-refractivity contribution in [1.82, 2.24) is 9.80 Å². The fourth-order valence-corrected chi connectivity index (χ4v) is 11.0. The molecule has 3 saturated heterocycles. The van der Waals surface area contributed by atoms with Gasteiger partial charge in [-0.15, -0.1) is 0 Å². The quantitative estimate of drug-likeness (QED) is 0.280. The molecule has 7 nitrogen and oxygen atoms in total. The Labute approximate surface area is 274 Å². The molecule has 0 N–H and O–H groups in total. The average molecular weight is 652 g/mol. The van der Waals surface area contributed by atoms with Crippen molar-refractivity contribution in [3.63, 3.8) is 0 Å². The van der Waals surface area contributed by atoms with E-state index in [2.05, 4.69) is 20.8 Å². The van der Waals surface area contributed by atoms with Crippen molar-refractivity contribution in [2.24, 2.45) is 23.7 Å². The maximum atomic E-state index is 14.9. The zero-order valence-electron chi connectivity index (χ0n) is 27.3. The van der Waals surface area contributed by atoms with E-state index in [-0.39, 0.29) is 28.4 Å². The van der Waals surface area contributed by atoms with Crippen molar-refractivity contribution < 1.29 is 22.3 Å². The lowest BCUT2D eigenvalue weighted by Crippen LogP contribution is -2.58. The highest BCUT2D eigenvalue weighted by atomic mass is 32.2. The number of anilines is 1. The SMILES string of the molecule is COC(=O)C[C@H]1CCC[C@@H]1[C@](CN1CCC1)(c1cccc(F)c1)C1CCN(CC2CN(c3ccc(S(=O)(=O)C4CC4)cc3)C2)CC1. The second kappa shape index (κ2) is 13.2. The van der Waals surface area contributed by atoms with Gasteiger partial charge in [-0.3, -0.25) is 4.79 Å². The van der Waals surface area contributed by atoms with Gasteiger partial charge in [0, 0.05) is 49.6 Å². The van der Waals surface area contributed by atoms with Crippen molar-refractivity contribution in [3.8, 4) is 0 Å². The van der Waals surface area contributed by atoms with Gasteiger partial charge in [-0.1, -0.05) is 18.6 Å². The fourth-order valence-electron chi connectivity index (χ4n) is 9.34. The number of esters is 1. The summed E-state index contributed by atoms with van der Waals surface area (Å²) in [6.45, 7) is 8.29. The first-order valence-corrected chi connectivity index (χ1v) is 19.2. The first-order valence-electron chi connectivity index (χ1n) is 17.6. The number of ether oxygens (including phenoxy) is 1. The fraction of sp³-hybridized carbons (Fsp3) is 0.649. The van der Waals surface area contributed by atoms with Crippen molar-refractivity contribution in [3.05, 3.63) is 59.9 Å². The lowest BCUT2D eigenvalue weighted by molar-refractivity contribution is -0.142. The number of rotatable bonds is 12. The van der Waals surface area contributed by atoms with Crippen LogP contribution in [0.25, 0.3) is 0 Å². The Hall–Kier alpha value is -2.49. The van der Waals surface area contributed by atoms with Crippen LogP contribution in [-0.2, 0) is 24.8 Å². The number of halogens is 1. The molecule has 0 amide bonds. The van der Waals surface area contributed by atoms with Crippen LogP contribution in [-0.4, -0.2) is 88.9 Å². The molecule has 2 aliphatic carbocycles. The molecule has 2 aromatic rings. The van der Waals surface area contributed by atoms with Crippen LogP contribution in [0.3, 0.4) is 0 Å². The lowest BCUT2D eigenvalue weighted by Gasteiger charge is -2.54. The van der Waals surface area contributed by atoms with Gasteiger partial charge in [-0.25, -0.2) is 12.8 Å². The first-order chi connectivity index (χ1) is 22.3. The second-order valence-corrected chi connectivity index (χ2v) is 17.1. The van der Waals surface area contributed by atoms with Crippen LogP contribution in [0.4, 0.5) is 10.1 Å². The zero-order chi connectivity index (χ0) is 31.9. The Bertz CT molecular complexity index is 1480. The summed E-state index contributed by atoms with van der Waals surface area (Å²) in [5.41, 5.74) is 2.05. The minimum atomic E-state index is -3.15. The summed E-state index contributed by atoms with van der Waals surface area (Å²) < 4.78 is 45.2. The molecule has 46 heavy (non-hydrogen) atoms. The predicted molar refractivity (Wildman–Crippen MR) is 178 cm³/mol. The molecule has 3 atom stereocenters. The summed E-state index contributed by atoms with van der Waals surface area (Å²) in [7, 11) is -1.66. The van der Waals surface area contributed by atoms with Gasteiger partial charge in [0.2, 0.25) is 0 Å². The van der Waals surface area contributed by atoms with Crippen LogP contribution in [0, 0.1) is 29.5 Å². The van der Waals surface area contributed by atoms with Gasteiger partial charge < -0.3 is 19.4 Å². The third-order valence-electron chi connectivity index (χ3n) is 12.1. The van der Waals surface area contributed by atoms with E-state index in [4.69, 9.17) is 4.74 Å². The molecule has 2 saturated carbocycles. The van der Waals surface area contributed by atoms with E-state index >= 15 is 0 Å². The van der Waals surface area contributed by atoms with E-state index < -0.39 is 9.84 Å². The van der Waals surface area contributed by atoms with Gasteiger partial charge in [-0.2, -0.15) is 0 Å². The number of piperidine rings is 1. The minimum Gasteiger partial charge on any atom is -0.469 e. The molecule has 3 aliphatic heterocycles. The summed E-state index contributed by atoms with van der Waals surface area (Å²) in [5, 5.41) is -0.176. The number of likely N-dealkylation sites (tertiary alicyclic amines) is 2. The highest BCUT2D eigenvalue weighted by Crippen LogP contribution is 2.54.